The third-order valence-corrected chi connectivity index (χ3v) is 1.88. The smallest absolute Gasteiger partial charge is 0.122 e. The fourth-order valence-corrected chi connectivity index (χ4v) is 1.10. The summed E-state index contributed by atoms with van der Waals surface area (Å²) in [6.07, 6.45) is 5.77. The zero-order valence-corrected chi connectivity index (χ0v) is 7.29. The molecule has 1 aromatic rings. The summed E-state index contributed by atoms with van der Waals surface area (Å²) in [4.78, 5) is 10.3. The molecule has 1 aromatic heterocycles. The molecule has 0 radical (unpaired) electrons. The van der Waals surface area contributed by atoms with Crippen molar-refractivity contribution in [3.05, 3.63) is 18.0 Å². The minimum atomic E-state index is 0.184. The molecule has 0 amide bonds. The minimum Gasteiger partial charge on any atom is -0.303 e. The molecule has 12 heavy (non-hydrogen) atoms. The van der Waals surface area contributed by atoms with Crippen LogP contribution in [0.5, 0.6) is 0 Å². The maximum atomic E-state index is 10.3. The van der Waals surface area contributed by atoms with E-state index < -0.39 is 0 Å². The fourth-order valence-electron chi connectivity index (χ4n) is 1.10. The van der Waals surface area contributed by atoms with Crippen LogP contribution in [0.15, 0.2) is 12.3 Å². The number of rotatable bonds is 5. The van der Waals surface area contributed by atoms with E-state index in [1.165, 1.54) is 0 Å². The van der Waals surface area contributed by atoms with Crippen molar-refractivity contribution in [1.82, 2.24) is 10.2 Å². The lowest BCUT2D eigenvalue weighted by molar-refractivity contribution is -0.110. The lowest BCUT2D eigenvalue weighted by atomic mass is 10.1. The van der Waals surface area contributed by atoms with Gasteiger partial charge >= 0.3 is 0 Å². The van der Waals surface area contributed by atoms with Crippen LogP contribution in [0.1, 0.15) is 25.5 Å². The van der Waals surface area contributed by atoms with Crippen LogP contribution < -0.4 is 0 Å². The number of carbonyl (C=O) groups is 1. The van der Waals surface area contributed by atoms with E-state index >= 15 is 0 Å². The van der Waals surface area contributed by atoms with Crippen molar-refractivity contribution < 1.29 is 4.79 Å². The first-order valence-electron chi connectivity index (χ1n) is 4.27. The topological polar surface area (TPSA) is 45.8 Å². The molecule has 1 atom stereocenters. The Morgan fingerprint density at radius 2 is 2.58 bits per heavy atom. The van der Waals surface area contributed by atoms with Gasteiger partial charge in [-0.05, 0) is 25.3 Å². The highest BCUT2D eigenvalue weighted by molar-refractivity contribution is 5.52. The van der Waals surface area contributed by atoms with E-state index in [0.717, 1.165) is 31.2 Å². The Morgan fingerprint density at radius 1 is 1.75 bits per heavy atom. The van der Waals surface area contributed by atoms with Crippen LogP contribution in [0, 0.1) is 5.92 Å². The summed E-state index contributed by atoms with van der Waals surface area (Å²) in [5.41, 5.74) is 1.08. The highest BCUT2D eigenvalue weighted by Gasteiger charge is 2.00. The second-order valence-corrected chi connectivity index (χ2v) is 3.07. The largest absolute Gasteiger partial charge is 0.303 e. The van der Waals surface area contributed by atoms with E-state index in [1.54, 1.807) is 0 Å². The number of aromatic nitrogens is 2. The molecule has 0 aliphatic rings. The van der Waals surface area contributed by atoms with Crippen molar-refractivity contribution in [2.75, 3.05) is 0 Å². The first-order valence-corrected chi connectivity index (χ1v) is 4.27. The van der Waals surface area contributed by atoms with Crippen LogP contribution in [0.25, 0.3) is 0 Å². The lowest BCUT2D eigenvalue weighted by Crippen LogP contribution is -1.96. The monoisotopic (exact) mass is 166 g/mol. The number of hydrogen-bond acceptors (Lipinski definition) is 2. The summed E-state index contributed by atoms with van der Waals surface area (Å²) in [6, 6.07) is 1.96. The summed E-state index contributed by atoms with van der Waals surface area (Å²) in [5, 5.41) is 6.79. The standard InChI is InChI=1S/C9H14N2O/c1-8(7-12)3-2-4-9-5-6-10-11-9/h5-8H,2-4H2,1H3,(H,10,11). The molecule has 0 aliphatic carbocycles. The molecule has 0 fully saturated rings. The number of nitrogens with zero attached hydrogens (tertiary/aromatic N) is 1. The Kier molecular flexibility index (Phi) is 3.51. The van der Waals surface area contributed by atoms with Crippen molar-refractivity contribution in [2.24, 2.45) is 5.92 Å². The normalized spacial score (nSPS) is 12.8. The van der Waals surface area contributed by atoms with E-state index in [0.29, 0.717) is 0 Å². The molecule has 0 spiro atoms. The van der Waals surface area contributed by atoms with Gasteiger partial charge in [0.25, 0.3) is 0 Å². The Labute approximate surface area is 72.2 Å². The molecule has 1 N–H and O–H groups in total. The lowest BCUT2D eigenvalue weighted by Gasteiger charge is -2.00. The highest BCUT2D eigenvalue weighted by Crippen LogP contribution is 2.06. The van der Waals surface area contributed by atoms with Gasteiger partial charge in [0.05, 0.1) is 5.69 Å². The summed E-state index contributed by atoms with van der Waals surface area (Å²) < 4.78 is 0. The van der Waals surface area contributed by atoms with Crippen LogP contribution >= 0.6 is 0 Å². The number of hydrogen-bond donors (Lipinski definition) is 1. The van der Waals surface area contributed by atoms with Crippen LogP contribution in [0.2, 0.25) is 0 Å². The van der Waals surface area contributed by atoms with E-state index in [9.17, 15) is 4.79 Å². The van der Waals surface area contributed by atoms with Crippen LogP contribution in [0.3, 0.4) is 0 Å². The molecule has 0 saturated heterocycles. The highest BCUT2D eigenvalue weighted by atomic mass is 16.1. The van der Waals surface area contributed by atoms with Gasteiger partial charge in [-0.3, -0.25) is 5.10 Å². The minimum absolute atomic E-state index is 0.184. The van der Waals surface area contributed by atoms with Crippen molar-refractivity contribution >= 4 is 6.29 Å². The number of carbonyl (C=O) groups excluding carboxylic acids is 1. The molecular weight excluding hydrogens is 152 g/mol. The second kappa shape index (κ2) is 4.70. The zero-order chi connectivity index (χ0) is 8.81. The van der Waals surface area contributed by atoms with Crippen LogP contribution in [0.4, 0.5) is 0 Å². The summed E-state index contributed by atoms with van der Waals surface area (Å²) in [7, 11) is 0. The number of aromatic amines is 1. The third kappa shape index (κ3) is 2.86. The van der Waals surface area contributed by atoms with Crippen molar-refractivity contribution in [2.45, 2.75) is 26.2 Å². The third-order valence-electron chi connectivity index (χ3n) is 1.88. The quantitative estimate of drug-likeness (QED) is 0.675. The Morgan fingerprint density at radius 3 is 3.17 bits per heavy atom. The number of H-pyrrole nitrogens is 1. The zero-order valence-electron chi connectivity index (χ0n) is 7.29. The molecule has 0 aliphatic heterocycles. The Bertz CT molecular complexity index is 218. The predicted octanol–water partition coefficient (Wildman–Crippen LogP) is 1.57. The van der Waals surface area contributed by atoms with Crippen LogP contribution in [-0.2, 0) is 11.2 Å². The van der Waals surface area contributed by atoms with Crippen molar-refractivity contribution in [1.29, 1.82) is 0 Å². The molecule has 66 valence electrons. The van der Waals surface area contributed by atoms with Gasteiger partial charge in [-0.1, -0.05) is 6.92 Å². The average Bonchev–Trinajstić information content (AvgIpc) is 2.57. The first kappa shape index (κ1) is 8.97. The maximum Gasteiger partial charge on any atom is 0.122 e. The molecule has 3 heteroatoms. The van der Waals surface area contributed by atoms with E-state index in [2.05, 4.69) is 10.2 Å². The summed E-state index contributed by atoms with van der Waals surface area (Å²) in [6.45, 7) is 1.94. The van der Waals surface area contributed by atoms with Gasteiger partial charge in [0, 0.05) is 12.1 Å². The predicted molar refractivity (Wildman–Crippen MR) is 46.8 cm³/mol. The van der Waals surface area contributed by atoms with Crippen molar-refractivity contribution in [3.8, 4) is 0 Å². The summed E-state index contributed by atoms with van der Waals surface area (Å²) in [5.74, 6) is 0.184. The molecule has 1 rings (SSSR count). The number of aryl methyl sites for hydroxylation is 1. The van der Waals surface area contributed by atoms with Crippen LogP contribution in [-0.4, -0.2) is 16.5 Å². The molecule has 0 aromatic carbocycles. The first-order chi connectivity index (χ1) is 5.83. The molecular formula is C9H14N2O. The number of nitrogens with one attached hydrogen (secondary N) is 1. The molecule has 3 nitrogen and oxygen atoms in total. The molecule has 1 heterocycles. The van der Waals surface area contributed by atoms with E-state index in [-0.39, 0.29) is 5.92 Å². The van der Waals surface area contributed by atoms with Gasteiger partial charge in [0.2, 0.25) is 0 Å². The number of aldehydes is 1. The Hall–Kier alpha value is -1.12. The molecule has 0 saturated carbocycles. The van der Waals surface area contributed by atoms with Gasteiger partial charge in [-0.2, -0.15) is 5.10 Å². The SMILES string of the molecule is CC(C=O)CCCc1cc[nH]n1. The van der Waals surface area contributed by atoms with Gasteiger partial charge in [0.15, 0.2) is 0 Å². The van der Waals surface area contributed by atoms with Gasteiger partial charge in [-0.15, -0.1) is 0 Å². The van der Waals surface area contributed by atoms with Crippen molar-refractivity contribution in [3.63, 3.8) is 0 Å². The molecule has 0 bridgehead atoms. The van der Waals surface area contributed by atoms with Gasteiger partial charge in [-0.25, -0.2) is 0 Å². The average molecular weight is 166 g/mol. The van der Waals surface area contributed by atoms with Gasteiger partial charge < -0.3 is 4.79 Å². The second-order valence-electron chi connectivity index (χ2n) is 3.07. The fraction of sp³-hybridized carbons (Fsp3) is 0.556. The van der Waals surface area contributed by atoms with E-state index in [4.69, 9.17) is 0 Å². The van der Waals surface area contributed by atoms with E-state index in [1.807, 2.05) is 19.2 Å². The summed E-state index contributed by atoms with van der Waals surface area (Å²) >= 11 is 0. The van der Waals surface area contributed by atoms with Gasteiger partial charge in [0.1, 0.15) is 6.29 Å². The molecule has 1 unspecified atom stereocenters. The maximum absolute atomic E-state index is 10.3. The Balaban J connectivity index is 2.15.